The van der Waals surface area contributed by atoms with E-state index in [9.17, 15) is 8.42 Å². The van der Waals surface area contributed by atoms with Crippen LogP contribution in [0.1, 0.15) is 58.4 Å². The van der Waals surface area contributed by atoms with Crippen LogP contribution in [-0.4, -0.2) is 48.8 Å². The van der Waals surface area contributed by atoms with Crippen molar-refractivity contribution in [2.24, 2.45) is 0 Å². The van der Waals surface area contributed by atoms with Crippen LogP contribution in [0, 0.1) is 0 Å². The minimum Gasteiger partial charge on any atom is -0.294 e. The SMILES string of the molecule is CC(C)(C)c1ccc(S(=O)(=O)N2CC3CC2CN3C2CCCC2)cc1. The molecule has 2 bridgehead atoms. The minimum absolute atomic E-state index is 0.0385. The maximum Gasteiger partial charge on any atom is 0.243 e. The van der Waals surface area contributed by atoms with Gasteiger partial charge in [-0.3, -0.25) is 4.90 Å². The summed E-state index contributed by atoms with van der Waals surface area (Å²) in [5.41, 5.74) is 1.21. The first-order valence-electron chi connectivity index (χ1n) is 9.65. The van der Waals surface area contributed by atoms with Crippen molar-refractivity contribution in [3.63, 3.8) is 0 Å². The highest BCUT2D eigenvalue weighted by molar-refractivity contribution is 7.89. The number of benzene rings is 1. The number of rotatable bonds is 3. The molecule has 4 rings (SSSR count). The molecule has 0 spiro atoms. The van der Waals surface area contributed by atoms with Crippen LogP contribution in [0.2, 0.25) is 0 Å². The van der Waals surface area contributed by atoms with Gasteiger partial charge in [0.1, 0.15) is 0 Å². The van der Waals surface area contributed by atoms with Crippen LogP contribution in [0.3, 0.4) is 0 Å². The van der Waals surface area contributed by atoms with E-state index < -0.39 is 10.0 Å². The zero-order valence-electron chi connectivity index (χ0n) is 15.6. The molecule has 0 aromatic heterocycles. The van der Waals surface area contributed by atoms with Gasteiger partial charge in [0.25, 0.3) is 0 Å². The average molecular weight is 363 g/mol. The van der Waals surface area contributed by atoms with Gasteiger partial charge in [-0.2, -0.15) is 4.31 Å². The molecular formula is C20H30N2O2S. The van der Waals surface area contributed by atoms with E-state index in [-0.39, 0.29) is 11.5 Å². The van der Waals surface area contributed by atoms with Gasteiger partial charge in [-0.05, 0) is 42.4 Å². The number of hydrogen-bond acceptors (Lipinski definition) is 3. The highest BCUT2D eigenvalue weighted by Crippen LogP contribution is 2.39. The number of nitrogens with zero attached hydrogens (tertiary/aromatic N) is 2. The molecule has 5 heteroatoms. The first-order chi connectivity index (χ1) is 11.8. The van der Waals surface area contributed by atoms with E-state index in [1.807, 2.05) is 12.1 Å². The molecule has 25 heavy (non-hydrogen) atoms. The summed E-state index contributed by atoms with van der Waals surface area (Å²) in [7, 11) is -3.37. The summed E-state index contributed by atoms with van der Waals surface area (Å²) in [6.45, 7) is 8.04. The maximum absolute atomic E-state index is 13.1. The quantitative estimate of drug-likeness (QED) is 0.828. The Morgan fingerprint density at radius 2 is 1.56 bits per heavy atom. The molecular weight excluding hydrogens is 332 g/mol. The van der Waals surface area contributed by atoms with E-state index in [1.54, 1.807) is 16.4 Å². The number of piperazine rings is 1. The first-order valence-corrected chi connectivity index (χ1v) is 11.1. The summed E-state index contributed by atoms with van der Waals surface area (Å²) in [4.78, 5) is 3.05. The third kappa shape index (κ3) is 3.04. The molecule has 3 aliphatic rings. The van der Waals surface area contributed by atoms with E-state index in [0.717, 1.165) is 13.0 Å². The fourth-order valence-corrected chi connectivity index (χ4v) is 6.57. The Kier molecular flexibility index (Phi) is 4.25. The van der Waals surface area contributed by atoms with E-state index in [1.165, 1.54) is 31.2 Å². The molecule has 1 aliphatic carbocycles. The number of sulfonamides is 1. The number of hydrogen-bond donors (Lipinski definition) is 0. The molecule has 2 atom stereocenters. The van der Waals surface area contributed by atoms with Gasteiger partial charge in [0.05, 0.1) is 4.90 Å². The average Bonchev–Trinajstić information content (AvgIpc) is 3.30. The number of fused-ring (bicyclic) bond motifs is 2. The van der Waals surface area contributed by atoms with Gasteiger partial charge in [0.2, 0.25) is 10.0 Å². The van der Waals surface area contributed by atoms with Gasteiger partial charge in [0.15, 0.2) is 0 Å². The molecule has 2 heterocycles. The molecule has 0 N–H and O–H groups in total. The summed E-state index contributed by atoms with van der Waals surface area (Å²) in [5.74, 6) is 0. The fourth-order valence-electron chi connectivity index (χ4n) is 4.90. The highest BCUT2D eigenvalue weighted by atomic mass is 32.2. The minimum atomic E-state index is -3.37. The van der Waals surface area contributed by atoms with Crippen molar-refractivity contribution in [3.8, 4) is 0 Å². The Hall–Kier alpha value is -0.910. The van der Waals surface area contributed by atoms with E-state index in [2.05, 4.69) is 25.7 Å². The molecule has 2 unspecified atom stereocenters. The molecule has 2 aliphatic heterocycles. The Morgan fingerprint density at radius 1 is 0.920 bits per heavy atom. The van der Waals surface area contributed by atoms with Crippen LogP contribution >= 0.6 is 0 Å². The van der Waals surface area contributed by atoms with Crippen molar-refractivity contribution in [3.05, 3.63) is 29.8 Å². The predicted molar refractivity (Wildman–Crippen MR) is 100 cm³/mol. The van der Waals surface area contributed by atoms with Crippen LogP contribution in [0.15, 0.2) is 29.2 Å². The zero-order chi connectivity index (χ0) is 17.8. The van der Waals surface area contributed by atoms with Gasteiger partial charge >= 0.3 is 0 Å². The molecule has 1 aromatic rings. The van der Waals surface area contributed by atoms with Crippen molar-refractivity contribution in [1.29, 1.82) is 0 Å². The van der Waals surface area contributed by atoms with Crippen molar-refractivity contribution in [2.45, 2.75) is 81.3 Å². The van der Waals surface area contributed by atoms with Crippen LogP contribution < -0.4 is 0 Å². The van der Waals surface area contributed by atoms with Gasteiger partial charge in [-0.25, -0.2) is 8.42 Å². The largest absolute Gasteiger partial charge is 0.294 e. The lowest BCUT2D eigenvalue weighted by Gasteiger charge is -2.37. The van der Waals surface area contributed by atoms with E-state index >= 15 is 0 Å². The molecule has 138 valence electrons. The lowest BCUT2D eigenvalue weighted by molar-refractivity contribution is 0.131. The Bertz CT molecular complexity index is 730. The lowest BCUT2D eigenvalue weighted by Crippen LogP contribution is -2.51. The Morgan fingerprint density at radius 3 is 2.08 bits per heavy atom. The number of likely N-dealkylation sites (tertiary alicyclic amines) is 1. The van der Waals surface area contributed by atoms with Gasteiger partial charge in [-0.1, -0.05) is 45.7 Å². The second-order valence-electron chi connectivity index (χ2n) is 9.03. The molecule has 0 amide bonds. The van der Waals surface area contributed by atoms with Crippen molar-refractivity contribution in [2.75, 3.05) is 13.1 Å². The maximum atomic E-state index is 13.1. The Labute approximate surface area is 152 Å². The zero-order valence-corrected chi connectivity index (χ0v) is 16.4. The van der Waals surface area contributed by atoms with Crippen LogP contribution in [0.4, 0.5) is 0 Å². The highest BCUT2D eigenvalue weighted by Gasteiger charge is 2.50. The second kappa shape index (κ2) is 6.07. The second-order valence-corrected chi connectivity index (χ2v) is 10.9. The van der Waals surface area contributed by atoms with Gasteiger partial charge < -0.3 is 0 Å². The smallest absolute Gasteiger partial charge is 0.243 e. The summed E-state index contributed by atoms with van der Waals surface area (Å²) < 4.78 is 28.0. The molecule has 1 aromatic carbocycles. The van der Waals surface area contributed by atoms with E-state index in [0.29, 0.717) is 23.5 Å². The van der Waals surface area contributed by atoms with Gasteiger partial charge in [0, 0.05) is 31.2 Å². The summed E-state index contributed by atoms with van der Waals surface area (Å²) >= 11 is 0. The Balaban J connectivity index is 1.51. The predicted octanol–water partition coefficient (Wildman–Crippen LogP) is 3.37. The third-order valence-electron chi connectivity index (χ3n) is 6.35. The standard InChI is InChI=1S/C20H30N2O2S/c1-20(2,3)15-8-10-19(11-9-15)25(23,24)22-14-17-12-18(22)13-21(17)16-6-4-5-7-16/h8-11,16-18H,4-7,12-14H2,1-3H3. The molecule has 4 nitrogen and oxygen atoms in total. The van der Waals surface area contributed by atoms with Crippen LogP contribution in [-0.2, 0) is 15.4 Å². The summed E-state index contributed by atoms with van der Waals surface area (Å²) in [6.07, 6.45) is 6.27. The summed E-state index contributed by atoms with van der Waals surface area (Å²) in [5, 5.41) is 0. The normalized spacial score (nSPS) is 28.9. The van der Waals surface area contributed by atoms with Crippen LogP contribution in [0.25, 0.3) is 0 Å². The van der Waals surface area contributed by atoms with Crippen LogP contribution in [0.5, 0.6) is 0 Å². The van der Waals surface area contributed by atoms with Crippen molar-refractivity contribution in [1.82, 2.24) is 9.21 Å². The van der Waals surface area contributed by atoms with E-state index in [4.69, 9.17) is 0 Å². The third-order valence-corrected chi connectivity index (χ3v) is 8.29. The molecule has 2 saturated heterocycles. The van der Waals surface area contributed by atoms with Gasteiger partial charge in [-0.15, -0.1) is 0 Å². The monoisotopic (exact) mass is 362 g/mol. The summed E-state index contributed by atoms with van der Waals surface area (Å²) in [6, 6.07) is 8.80. The lowest BCUT2D eigenvalue weighted by atomic mass is 9.87. The topological polar surface area (TPSA) is 40.6 Å². The molecule has 3 fully saturated rings. The van der Waals surface area contributed by atoms with Crippen molar-refractivity contribution < 1.29 is 8.42 Å². The molecule has 0 radical (unpaired) electrons. The molecule has 1 saturated carbocycles. The fraction of sp³-hybridized carbons (Fsp3) is 0.700. The van der Waals surface area contributed by atoms with Crippen molar-refractivity contribution >= 4 is 10.0 Å². The first kappa shape index (κ1) is 17.5.